The van der Waals surface area contributed by atoms with Gasteiger partial charge in [-0.1, -0.05) is 22.9 Å². The fraction of sp³-hybridized carbons (Fsp3) is 0.526. The van der Waals surface area contributed by atoms with Gasteiger partial charge in [-0.15, -0.1) is 0 Å². The Morgan fingerprint density at radius 3 is 2.68 bits per heavy atom. The molecular weight excluding hydrogens is 469 g/mol. The van der Waals surface area contributed by atoms with Crippen molar-refractivity contribution in [3.63, 3.8) is 0 Å². The topological polar surface area (TPSA) is 107 Å². The SMILES string of the molecule is O=C(Nc1ncc(F)s1)C(CC1CCOCC1)n1cc(Cl)c(S(=O)(=O)C2CC2)cc1=O. The molecule has 0 aromatic carbocycles. The third kappa shape index (κ3) is 5.00. The number of hydrogen-bond donors (Lipinski definition) is 1. The second-order valence-corrected chi connectivity index (χ2v) is 11.3. The molecule has 2 aliphatic rings. The van der Waals surface area contributed by atoms with Crippen LogP contribution in [0.2, 0.25) is 5.02 Å². The molecule has 1 amide bonds. The first-order valence-electron chi connectivity index (χ1n) is 9.91. The molecule has 0 spiro atoms. The summed E-state index contributed by atoms with van der Waals surface area (Å²) in [6, 6.07) is 0.0290. The van der Waals surface area contributed by atoms with E-state index in [0.29, 0.717) is 43.8 Å². The first-order chi connectivity index (χ1) is 14.8. The van der Waals surface area contributed by atoms with E-state index in [1.807, 2.05) is 0 Å². The average molecular weight is 490 g/mol. The number of pyridine rings is 1. The summed E-state index contributed by atoms with van der Waals surface area (Å²) in [6.07, 6.45) is 5.08. The molecule has 1 saturated heterocycles. The molecule has 3 heterocycles. The zero-order chi connectivity index (χ0) is 22.2. The number of hydrogen-bond acceptors (Lipinski definition) is 7. The highest BCUT2D eigenvalue weighted by atomic mass is 35.5. The number of thiazole rings is 1. The minimum absolute atomic E-state index is 0.0755. The molecule has 1 aliphatic heterocycles. The van der Waals surface area contributed by atoms with Crippen molar-refractivity contribution >= 4 is 43.8 Å². The Hall–Kier alpha value is -1.82. The standard InChI is InChI=1S/C19H21ClFN3O5S2/c20-13-10-24(17(25)8-15(13)31(27,28)12-1-2-12)14(7-11-3-5-29-6-4-11)18(26)23-19-22-9-16(21)30-19/h8-12,14H,1-7H2,(H,22,23,26). The molecule has 2 aromatic rings. The van der Waals surface area contributed by atoms with Crippen LogP contribution in [0.5, 0.6) is 0 Å². The van der Waals surface area contributed by atoms with Crippen molar-refractivity contribution in [2.75, 3.05) is 18.5 Å². The Balaban J connectivity index is 1.67. The number of amides is 1. The Morgan fingerprint density at radius 1 is 1.35 bits per heavy atom. The summed E-state index contributed by atoms with van der Waals surface area (Å²) in [5, 5.41) is 1.46. The lowest BCUT2D eigenvalue weighted by atomic mass is 9.92. The highest BCUT2D eigenvalue weighted by Crippen LogP contribution is 2.36. The number of anilines is 1. The fourth-order valence-corrected chi connectivity index (χ4v) is 6.41. The first-order valence-corrected chi connectivity index (χ1v) is 12.7. The van der Waals surface area contributed by atoms with Crippen LogP contribution in [0.3, 0.4) is 0 Å². The number of halogens is 2. The van der Waals surface area contributed by atoms with Gasteiger partial charge in [-0.3, -0.25) is 9.59 Å². The molecule has 12 heteroatoms. The Kier molecular flexibility index (Phi) is 6.47. The number of rotatable bonds is 7. The normalized spacial score (nSPS) is 18.6. The molecule has 0 bridgehead atoms. The summed E-state index contributed by atoms with van der Waals surface area (Å²) in [5.74, 6) is -0.421. The molecule has 1 aliphatic carbocycles. The predicted molar refractivity (Wildman–Crippen MR) is 114 cm³/mol. The van der Waals surface area contributed by atoms with Gasteiger partial charge in [-0.2, -0.15) is 4.39 Å². The summed E-state index contributed by atoms with van der Waals surface area (Å²) < 4.78 is 44.9. The van der Waals surface area contributed by atoms with Gasteiger partial charge in [0.2, 0.25) is 5.91 Å². The van der Waals surface area contributed by atoms with Crippen molar-refractivity contribution in [2.45, 2.75) is 48.3 Å². The van der Waals surface area contributed by atoms with Crippen molar-refractivity contribution in [3.8, 4) is 0 Å². The van der Waals surface area contributed by atoms with E-state index in [1.165, 1.54) is 6.20 Å². The quantitative estimate of drug-likeness (QED) is 0.640. The maximum Gasteiger partial charge on any atom is 0.252 e. The maximum absolute atomic E-state index is 13.3. The summed E-state index contributed by atoms with van der Waals surface area (Å²) in [5.41, 5.74) is -0.638. The lowest BCUT2D eigenvalue weighted by Crippen LogP contribution is -2.35. The molecule has 4 rings (SSSR count). The Morgan fingerprint density at radius 2 is 2.06 bits per heavy atom. The van der Waals surface area contributed by atoms with Crippen LogP contribution in [0.1, 0.15) is 38.1 Å². The zero-order valence-electron chi connectivity index (χ0n) is 16.4. The van der Waals surface area contributed by atoms with E-state index in [-0.39, 0.29) is 21.0 Å². The fourth-order valence-electron chi connectivity index (χ4n) is 3.67. The van der Waals surface area contributed by atoms with Crippen molar-refractivity contribution < 1.29 is 22.3 Å². The average Bonchev–Trinajstić information content (AvgIpc) is 3.52. The van der Waals surface area contributed by atoms with E-state index in [4.69, 9.17) is 16.3 Å². The minimum atomic E-state index is -3.67. The molecule has 1 atom stereocenters. The maximum atomic E-state index is 13.3. The van der Waals surface area contributed by atoms with Gasteiger partial charge in [0.25, 0.3) is 5.56 Å². The Bertz CT molecular complexity index is 1140. The van der Waals surface area contributed by atoms with E-state index in [9.17, 15) is 22.4 Å². The zero-order valence-corrected chi connectivity index (χ0v) is 18.8. The number of aromatic nitrogens is 2. The van der Waals surface area contributed by atoms with Crippen LogP contribution >= 0.6 is 22.9 Å². The van der Waals surface area contributed by atoms with Crippen LogP contribution in [-0.2, 0) is 19.4 Å². The van der Waals surface area contributed by atoms with Gasteiger partial charge in [0.1, 0.15) is 6.04 Å². The van der Waals surface area contributed by atoms with Gasteiger partial charge in [0, 0.05) is 25.5 Å². The van der Waals surface area contributed by atoms with Gasteiger partial charge >= 0.3 is 0 Å². The molecule has 31 heavy (non-hydrogen) atoms. The highest BCUT2D eigenvalue weighted by molar-refractivity contribution is 7.92. The van der Waals surface area contributed by atoms with Crippen molar-refractivity contribution in [1.82, 2.24) is 9.55 Å². The van der Waals surface area contributed by atoms with Crippen LogP contribution in [0, 0.1) is 11.0 Å². The van der Waals surface area contributed by atoms with Crippen LogP contribution < -0.4 is 10.9 Å². The molecule has 1 unspecified atom stereocenters. The molecule has 2 fully saturated rings. The number of sulfone groups is 1. The number of carbonyl (C=O) groups is 1. The molecule has 0 radical (unpaired) electrons. The molecule has 8 nitrogen and oxygen atoms in total. The van der Waals surface area contributed by atoms with Crippen LogP contribution in [0.15, 0.2) is 28.2 Å². The number of ether oxygens (including phenoxy) is 1. The van der Waals surface area contributed by atoms with Crippen LogP contribution in [0.25, 0.3) is 0 Å². The second kappa shape index (κ2) is 8.97. The third-order valence-corrected chi connectivity index (χ3v) is 8.92. The van der Waals surface area contributed by atoms with Crippen LogP contribution in [0.4, 0.5) is 9.52 Å². The summed E-state index contributed by atoms with van der Waals surface area (Å²) in [4.78, 5) is 29.5. The van der Waals surface area contributed by atoms with Gasteiger partial charge in [-0.05, 0) is 38.0 Å². The first kappa shape index (κ1) is 22.4. The number of carbonyl (C=O) groups excluding carboxylic acids is 1. The van der Waals surface area contributed by atoms with Crippen molar-refractivity contribution in [1.29, 1.82) is 0 Å². The third-order valence-electron chi connectivity index (χ3n) is 5.51. The summed E-state index contributed by atoms with van der Waals surface area (Å²) in [6.45, 7) is 1.12. The second-order valence-electron chi connectivity index (χ2n) is 7.74. The highest BCUT2D eigenvalue weighted by Gasteiger charge is 2.39. The van der Waals surface area contributed by atoms with E-state index in [2.05, 4.69) is 10.3 Å². The minimum Gasteiger partial charge on any atom is -0.381 e. The molecule has 2 aromatic heterocycles. The lowest BCUT2D eigenvalue weighted by molar-refractivity contribution is -0.120. The van der Waals surface area contributed by atoms with E-state index in [0.717, 1.165) is 29.7 Å². The van der Waals surface area contributed by atoms with Crippen molar-refractivity contribution in [3.05, 3.63) is 39.0 Å². The van der Waals surface area contributed by atoms with Gasteiger partial charge < -0.3 is 14.6 Å². The molecular formula is C19H21ClFN3O5S2. The number of nitrogens with one attached hydrogen (secondary N) is 1. The van der Waals surface area contributed by atoms with Gasteiger partial charge in [0.05, 0.1) is 21.4 Å². The molecule has 1 N–H and O–H groups in total. The smallest absolute Gasteiger partial charge is 0.252 e. The number of nitrogens with zero attached hydrogens (tertiary/aromatic N) is 2. The predicted octanol–water partition coefficient (Wildman–Crippen LogP) is 3.03. The van der Waals surface area contributed by atoms with E-state index < -0.39 is 37.7 Å². The molecule has 168 valence electrons. The van der Waals surface area contributed by atoms with Gasteiger partial charge in [-0.25, -0.2) is 13.4 Å². The largest absolute Gasteiger partial charge is 0.381 e. The lowest BCUT2D eigenvalue weighted by Gasteiger charge is -2.27. The summed E-state index contributed by atoms with van der Waals surface area (Å²) in [7, 11) is -3.67. The summed E-state index contributed by atoms with van der Waals surface area (Å²) >= 11 is 6.94. The van der Waals surface area contributed by atoms with Crippen molar-refractivity contribution in [2.24, 2.45) is 5.92 Å². The van der Waals surface area contributed by atoms with E-state index >= 15 is 0 Å². The Labute approximate surface area is 187 Å². The monoisotopic (exact) mass is 489 g/mol. The van der Waals surface area contributed by atoms with Crippen LogP contribution in [-0.4, -0.2) is 42.3 Å². The van der Waals surface area contributed by atoms with Gasteiger partial charge in [0.15, 0.2) is 20.1 Å². The molecule has 1 saturated carbocycles. The van der Waals surface area contributed by atoms with E-state index in [1.54, 1.807) is 0 Å².